The molecule has 1 amide bonds. The molecule has 2 atom stereocenters. The van der Waals surface area contributed by atoms with Gasteiger partial charge in [-0.1, -0.05) is 0 Å². The number of hydrogen-bond donors (Lipinski definition) is 1. The molecule has 0 saturated heterocycles. The summed E-state index contributed by atoms with van der Waals surface area (Å²) in [7, 11) is 1.20. The Hall–Kier alpha value is -2.68. The maximum absolute atomic E-state index is 12.0. The van der Waals surface area contributed by atoms with Crippen LogP contribution in [-0.4, -0.2) is 41.8 Å². The van der Waals surface area contributed by atoms with Gasteiger partial charge < -0.3 is 19.5 Å². The van der Waals surface area contributed by atoms with Crippen molar-refractivity contribution in [1.82, 2.24) is 5.32 Å². The van der Waals surface area contributed by atoms with Gasteiger partial charge in [0.1, 0.15) is 5.75 Å². The van der Waals surface area contributed by atoms with Crippen LogP contribution in [0, 0.1) is 10.1 Å². The summed E-state index contributed by atoms with van der Waals surface area (Å²) in [5.41, 5.74) is -0.664. The van der Waals surface area contributed by atoms with Crippen LogP contribution < -0.4 is 10.1 Å². The molecule has 0 aliphatic carbocycles. The zero-order valence-electron chi connectivity index (χ0n) is 14.8. The van der Waals surface area contributed by atoms with Gasteiger partial charge in [0.2, 0.25) is 0 Å². The summed E-state index contributed by atoms with van der Waals surface area (Å²) in [4.78, 5) is 33.9. The van der Waals surface area contributed by atoms with Crippen LogP contribution in [0.2, 0.25) is 0 Å². The van der Waals surface area contributed by atoms with E-state index in [1.165, 1.54) is 31.4 Å². The number of ether oxygens (including phenoxy) is 3. The molecule has 9 heteroatoms. The van der Waals surface area contributed by atoms with Crippen molar-refractivity contribution in [2.75, 3.05) is 7.11 Å². The number of amides is 1. The van der Waals surface area contributed by atoms with Crippen LogP contribution in [0.3, 0.4) is 0 Å². The van der Waals surface area contributed by atoms with Gasteiger partial charge in [-0.05, 0) is 39.8 Å². The Bertz CT molecular complexity index is 622. The first-order valence-electron chi connectivity index (χ1n) is 7.52. The molecule has 9 nitrogen and oxygen atoms in total. The van der Waals surface area contributed by atoms with E-state index in [9.17, 15) is 19.7 Å². The average molecular weight is 354 g/mol. The van der Waals surface area contributed by atoms with Crippen LogP contribution in [0.25, 0.3) is 0 Å². The van der Waals surface area contributed by atoms with Gasteiger partial charge >= 0.3 is 12.1 Å². The van der Waals surface area contributed by atoms with Gasteiger partial charge in [-0.3, -0.25) is 10.1 Å². The number of carbonyl (C=O) groups excluding carboxylic acids is 2. The molecule has 0 spiro atoms. The third-order valence-corrected chi connectivity index (χ3v) is 3.00. The van der Waals surface area contributed by atoms with Crippen molar-refractivity contribution in [2.24, 2.45) is 0 Å². The Labute approximate surface area is 145 Å². The molecule has 0 radical (unpaired) electrons. The van der Waals surface area contributed by atoms with Crippen molar-refractivity contribution in [3.63, 3.8) is 0 Å². The summed E-state index contributed by atoms with van der Waals surface area (Å²) in [5.74, 6) is -0.589. The minimum Gasteiger partial charge on any atom is -0.467 e. The number of esters is 1. The van der Waals surface area contributed by atoms with E-state index in [-0.39, 0.29) is 11.4 Å². The van der Waals surface area contributed by atoms with Crippen molar-refractivity contribution in [3.05, 3.63) is 34.4 Å². The molecule has 25 heavy (non-hydrogen) atoms. The van der Waals surface area contributed by atoms with Crippen LogP contribution in [0.5, 0.6) is 5.75 Å². The molecule has 0 aliphatic rings. The number of nitro benzene ring substituents is 1. The molecule has 1 unspecified atom stereocenters. The Balaban J connectivity index is 2.77. The molecule has 1 rings (SSSR count). The summed E-state index contributed by atoms with van der Waals surface area (Å²) in [6.07, 6.45) is -1.58. The Morgan fingerprint density at radius 2 is 1.76 bits per heavy atom. The highest BCUT2D eigenvalue weighted by atomic mass is 16.6. The van der Waals surface area contributed by atoms with E-state index in [1.807, 2.05) is 20.8 Å². The lowest BCUT2D eigenvalue weighted by molar-refractivity contribution is -0.384. The third-order valence-electron chi connectivity index (χ3n) is 3.00. The number of methoxy groups -OCH3 is 1. The summed E-state index contributed by atoms with van der Waals surface area (Å²) in [6.45, 7) is 7.06. The van der Waals surface area contributed by atoms with Gasteiger partial charge in [-0.15, -0.1) is 0 Å². The van der Waals surface area contributed by atoms with E-state index in [1.54, 1.807) is 6.92 Å². The number of nitro groups is 1. The third kappa shape index (κ3) is 6.76. The largest absolute Gasteiger partial charge is 0.467 e. The first-order valence-corrected chi connectivity index (χ1v) is 7.52. The molecular formula is C16H22N2O7. The molecular weight excluding hydrogens is 332 g/mol. The molecule has 0 saturated carbocycles. The van der Waals surface area contributed by atoms with Crippen molar-refractivity contribution < 1.29 is 28.7 Å². The Kier molecular flexibility index (Phi) is 6.86. The molecule has 0 aromatic heterocycles. The maximum Gasteiger partial charge on any atom is 0.413 e. The maximum atomic E-state index is 12.0. The molecule has 138 valence electrons. The van der Waals surface area contributed by atoms with E-state index in [2.05, 4.69) is 10.1 Å². The number of nitrogens with zero attached hydrogens (tertiary/aromatic N) is 1. The quantitative estimate of drug-likeness (QED) is 0.473. The fourth-order valence-electron chi connectivity index (χ4n) is 2.02. The lowest BCUT2D eigenvalue weighted by Crippen LogP contribution is -2.51. The minimum absolute atomic E-state index is 0.0936. The van der Waals surface area contributed by atoms with Crippen molar-refractivity contribution >= 4 is 17.7 Å². The molecule has 0 fully saturated rings. The van der Waals surface area contributed by atoms with Crippen LogP contribution in [0.1, 0.15) is 27.7 Å². The smallest absolute Gasteiger partial charge is 0.413 e. The topological polar surface area (TPSA) is 117 Å². The number of benzene rings is 1. The molecule has 0 aliphatic heterocycles. The molecule has 0 heterocycles. The monoisotopic (exact) mass is 354 g/mol. The number of rotatable bonds is 6. The predicted octanol–water partition coefficient (Wildman–Crippen LogP) is 2.43. The summed E-state index contributed by atoms with van der Waals surface area (Å²) >= 11 is 0. The Morgan fingerprint density at radius 1 is 1.20 bits per heavy atom. The van der Waals surface area contributed by atoms with Crippen LogP contribution in [-0.2, 0) is 14.3 Å². The zero-order valence-corrected chi connectivity index (χ0v) is 14.8. The highest BCUT2D eigenvalue weighted by molar-refractivity contribution is 5.82. The summed E-state index contributed by atoms with van der Waals surface area (Å²) in [5, 5.41) is 13.0. The van der Waals surface area contributed by atoms with Crippen LogP contribution >= 0.6 is 0 Å². The van der Waals surface area contributed by atoms with Crippen molar-refractivity contribution in [2.45, 2.75) is 45.4 Å². The van der Waals surface area contributed by atoms with Gasteiger partial charge in [-0.2, -0.15) is 0 Å². The van der Waals surface area contributed by atoms with Crippen molar-refractivity contribution in [3.8, 4) is 5.75 Å². The fraction of sp³-hybridized carbons (Fsp3) is 0.500. The van der Waals surface area contributed by atoms with Gasteiger partial charge in [0.25, 0.3) is 5.69 Å². The van der Waals surface area contributed by atoms with E-state index in [4.69, 9.17) is 9.47 Å². The molecule has 1 N–H and O–H groups in total. The first-order chi connectivity index (χ1) is 11.5. The highest BCUT2D eigenvalue weighted by Crippen LogP contribution is 2.18. The van der Waals surface area contributed by atoms with Gasteiger partial charge in [0, 0.05) is 12.1 Å². The molecule has 0 bridgehead atoms. The second kappa shape index (κ2) is 8.43. The zero-order chi connectivity index (χ0) is 19.2. The molecule has 1 aromatic carbocycles. The van der Waals surface area contributed by atoms with Crippen LogP contribution in [0.4, 0.5) is 10.5 Å². The van der Waals surface area contributed by atoms with E-state index in [0.717, 1.165) is 0 Å². The number of carbonyl (C=O) groups is 2. The SMILES string of the molecule is COC(=O)[C@H](NC(=O)Oc1ccc([N+](=O)[O-])cc1)C(C)OC(C)(C)C. The van der Waals surface area contributed by atoms with E-state index in [0.29, 0.717) is 0 Å². The van der Waals surface area contributed by atoms with E-state index < -0.39 is 34.7 Å². The highest BCUT2D eigenvalue weighted by Gasteiger charge is 2.32. The van der Waals surface area contributed by atoms with Crippen LogP contribution in [0.15, 0.2) is 24.3 Å². The van der Waals surface area contributed by atoms with Gasteiger partial charge in [0.05, 0.1) is 23.7 Å². The predicted molar refractivity (Wildman–Crippen MR) is 88.4 cm³/mol. The second-order valence-electron chi connectivity index (χ2n) is 6.22. The summed E-state index contributed by atoms with van der Waals surface area (Å²) in [6, 6.07) is 3.88. The lowest BCUT2D eigenvalue weighted by atomic mass is 10.1. The van der Waals surface area contributed by atoms with Crippen molar-refractivity contribution in [1.29, 1.82) is 0 Å². The number of nitrogens with one attached hydrogen (secondary N) is 1. The van der Waals surface area contributed by atoms with Gasteiger partial charge in [-0.25, -0.2) is 9.59 Å². The number of non-ortho nitro benzene ring substituents is 1. The lowest BCUT2D eigenvalue weighted by Gasteiger charge is -2.29. The normalized spacial score (nSPS) is 13.5. The van der Waals surface area contributed by atoms with E-state index >= 15 is 0 Å². The fourth-order valence-corrected chi connectivity index (χ4v) is 2.02. The Morgan fingerprint density at radius 3 is 2.20 bits per heavy atom. The van der Waals surface area contributed by atoms with Gasteiger partial charge in [0.15, 0.2) is 6.04 Å². The average Bonchev–Trinajstić information content (AvgIpc) is 2.50. The first kappa shape index (κ1) is 20.4. The minimum atomic E-state index is -1.07. The second-order valence-corrected chi connectivity index (χ2v) is 6.22. The molecule has 1 aromatic rings. The standard InChI is InChI=1S/C16H22N2O7/c1-10(25-16(2,3)4)13(14(19)23-5)17-15(20)24-12-8-6-11(7-9-12)18(21)22/h6-10,13H,1-5H3,(H,17,20)/t10?,13-/m1/s1. The number of hydrogen-bond acceptors (Lipinski definition) is 7. The summed E-state index contributed by atoms with van der Waals surface area (Å²) < 4.78 is 15.4.